The predicted octanol–water partition coefficient (Wildman–Crippen LogP) is 3.33. The summed E-state index contributed by atoms with van der Waals surface area (Å²) in [4.78, 5) is 2.53. The summed E-state index contributed by atoms with van der Waals surface area (Å²) in [7, 11) is 0. The van der Waals surface area contributed by atoms with Gasteiger partial charge < -0.3 is 15.2 Å². The molecule has 2 N–H and O–H groups in total. The first-order chi connectivity index (χ1) is 12.1. The topological polar surface area (TPSA) is 44.7 Å². The maximum Gasteiger partial charge on any atom is 0.124 e. The number of benzene rings is 1. The Kier molecular flexibility index (Phi) is 6.74. The van der Waals surface area contributed by atoms with Gasteiger partial charge in [0.15, 0.2) is 0 Å². The fourth-order valence-electron chi connectivity index (χ4n) is 4.23. The fraction of sp³-hybridized carbons (Fsp3) is 0.714. The summed E-state index contributed by atoms with van der Waals surface area (Å²) in [6.07, 6.45) is 7.02. The average Bonchev–Trinajstić information content (AvgIpc) is 2.61. The molecule has 0 spiro atoms. The zero-order valence-corrected chi connectivity index (χ0v) is 15.8. The standard InChI is InChI=1S/C21H34N2O2/c1-16(2)25-21-10-6-3-7-17(21)15-22-18-11-13-23(14-12-18)19-8-4-5-9-20(19)24/h3,6-7,10,16,18-20,22,24H,4-5,8-9,11-15H2,1-2H3. The van der Waals surface area contributed by atoms with E-state index in [0.29, 0.717) is 12.1 Å². The maximum absolute atomic E-state index is 10.3. The quantitative estimate of drug-likeness (QED) is 0.829. The van der Waals surface area contributed by atoms with Gasteiger partial charge in [-0.2, -0.15) is 0 Å². The van der Waals surface area contributed by atoms with Crippen molar-refractivity contribution >= 4 is 0 Å². The summed E-state index contributed by atoms with van der Waals surface area (Å²) in [6.45, 7) is 7.20. The summed E-state index contributed by atoms with van der Waals surface area (Å²) in [5.41, 5.74) is 1.24. The van der Waals surface area contributed by atoms with E-state index in [0.717, 1.165) is 44.6 Å². The zero-order valence-electron chi connectivity index (χ0n) is 15.8. The van der Waals surface area contributed by atoms with E-state index in [-0.39, 0.29) is 12.2 Å². The lowest BCUT2D eigenvalue weighted by molar-refractivity contribution is 0.00712. The smallest absolute Gasteiger partial charge is 0.124 e. The molecule has 1 aromatic rings. The molecule has 1 saturated heterocycles. The highest BCUT2D eigenvalue weighted by molar-refractivity contribution is 5.33. The Morgan fingerprint density at radius 2 is 1.84 bits per heavy atom. The van der Waals surface area contributed by atoms with Crippen molar-refractivity contribution in [1.82, 2.24) is 10.2 Å². The van der Waals surface area contributed by atoms with Crippen molar-refractivity contribution in [2.75, 3.05) is 13.1 Å². The summed E-state index contributed by atoms with van der Waals surface area (Å²) in [6, 6.07) is 9.29. The Labute approximate surface area is 152 Å². The Morgan fingerprint density at radius 3 is 2.56 bits per heavy atom. The molecule has 0 radical (unpaired) electrons. The van der Waals surface area contributed by atoms with E-state index in [1.165, 1.54) is 24.8 Å². The molecule has 4 heteroatoms. The molecule has 1 aromatic carbocycles. The van der Waals surface area contributed by atoms with Crippen molar-refractivity contribution in [2.24, 2.45) is 0 Å². The number of aliphatic hydroxyl groups excluding tert-OH is 1. The van der Waals surface area contributed by atoms with Gasteiger partial charge in [-0.3, -0.25) is 4.90 Å². The number of hydrogen-bond acceptors (Lipinski definition) is 4. The number of ether oxygens (including phenoxy) is 1. The second-order valence-corrected chi connectivity index (χ2v) is 7.88. The van der Waals surface area contributed by atoms with Gasteiger partial charge in [-0.05, 0) is 45.6 Å². The van der Waals surface area contributed by atoms with E-state index in [1.807, 2.05) is 6.07 Å². The van der Waals surface area contributed by atoms with Gasteiger partial charge in [0.2, 0.25) is 0 Å². The molecule has 4 nitrogen and oxygen atoms in total. The van der Waals surface area contributed by atoms with Crippen molar-refractivity contribution in [3.63, 3.8) is 0 Å². The molecule has 1 aliphatic heterocycles. The number of nitrogens with one attached hydrogen (secondary N) is 1. The fourth-order valence-corrected chi connectivity index (χ4v) is 4.23. The third-order valence-corrected chi connectivity index (χ3v) is 5.61. The number of piperidine rings is 1. The summed E-state index contributed by atoms with van der Waals surface area (Å²) in [5, 5.41) is 14.0. The SMILES string of the molecule is CC(C)Oc1ccccc1CNC1CCN(C2CCCCC2O)CC1. The summed E-state index contributed by atoms with van der Waals surface area (Å²) in [5.74, 6) is 0.993. The first-order valence-corrected chi connectivity index (χ1v) is 10.0. The van der Waals surface area contributed by atoms with Crippen molar-refractivity contribution in [3.8, 4) is 5.75 Å². The number of nitrogens with zero attached hydrogens (tertiary/aromatic N) is 1. The van der Waals surface area contributed by atoms with Gasteiger partial charge in [0.05, 0.1) is 12.2 Å². The minimum absolute atomic E-state index is 0.113. The Morgan fingerprint density at radius 1 is 1.12 bits per heavy atom. The molecule has 0 amide bonds. The van der Waals surface area contributed by atoms with E-state index in [2.05, 4.69) is 42.3 Å². The van der Waals surface area contributed by atoms with Crippen LogP contribution in [-0.2, 0) is 6.54 Å². The second-order valence-electron chi connectivity index (χ2n) is 7.88. The normalized spacial score (nSPS) is 26.1. The zero-order chi connectivity index (χ0) is 17.6. The third-order valence-electron chi connectivity index (χ3n) is 5.61. The van der Waals surface area contributed by atoms with Crippen LogP contribution in [0.3, 0.4) is 0 Å². The van der Waals surface area contributed by atoms with Gasteiger partial charge in [0.25, 0.3) is 0 Å². The maximum atomic E-state index is 10.3. The molecule has 0 bridgehead atoms. The van der Waals surface area contributed by atoms with Crippen LogP contribution in [0.2, 0.25) is 0 Å². The molecule has 2 aliphatic rings. The van der Waals surface area contributed by atoms with Gasteiger partial charge in [-0.25, -0.2) is 0 Å². The van der Waals surface area contributed by atoms with Gasteiger partial charge in [0, 0.05) is 37.3 Å². The highest BCUT2D eigenvalue weighted by atomic mass is 16.5. The highest BCUT2D eigenvalue weighted by Gasteiger charge is 2.31. The lowest BCUT2D eigenvalue weighted by Crippen LogP contribution is -2.51. The second kappa shape index (κ2) is 9.02. The number of aliphatic hydroxyl groups is 1. The Bertz CT molecular complexity index is 526. The van der Waals surface area contributed by atoms with Crippen molar-refractivity contribution < 1.29 is 9.84 Å². The molecule has 1 aliphatic carbocycles. The molecule has 1 heterocycles. The monoisotopic (exact) mass is 346 g/mol. The number of rotatable bonds is 6. The van der Waals surface area contributed by atoms with E-state index in [4.69, 9.17) is 4.74 Å². The molecular formula is C21H34N2O2. The van der Waals surface area contributed by atoms with Crippen molar-refractivity contribution in [2.45, 2.75) is 83.2 Å². The van der Waals surface area contributed by atoms with Crippen LogP contribution in [0.1, 0.15) is 57.9 Å². The molecule has 0 aromatic heterocycles. The van der Waals surface area contributed by atoms with Crippen LogP contribution in [0.15, 0.2) is 24.3 Å². The minimum atomic E-state index is -0.113. The van der Waals surface area contributed by atoms with Gasteiger partial charge in [0.1, 0.15) is 5.75 Å². The largest absolute Gasteiger partial charge is 0.491 e. The molecule has 1 saturated carbocycles. The number of likely N-dealkylation sites (tertiary alicyclic amines) is 1. The van der Waals surface area contributed by atoms with Crippen LogP contribution in [0.4, 0.5) is 0 Å². The van der Waals surface area contributed by atoms with Gasteiger partial charge in [-0.15, -0.1) is 0 Å². The van der Waals surface area contributed by atoms with Crippen LogP contribution >= 0.6 is 0 Å². The van der Waals surface area contributed by atoms with E-state index in [1.54, 1.807) is 0 Å². The Hall–Kier alpha value is -1.10. The number of hydrogen-bond donors (Lipinski definition) is 2. The van der Waals surface area contributed by atoms with E-state index < -0.39 is 0 Å². The van der Waals surface area contributed by atoms with Crippen LogP contribution in [-0.4, -0.2) is 47.4 Å². The lowest BCUT2D eigenvalue weighted by atomic mass is 9.89. The van der Waals surface area contributed by atoms with Gasteiger partial charge >= 0.3 is 0 Å². The van der Waals surface area contributed by atoms with E-state index >= 15 is 0 Å². The average molecular weight is 347 g/mol. The summed E-state index contributed by atoms with van der Waals surface area (Å²) < 4.78 is 5.92. The highest BCUT2D eigenvalue weighted by Crippen LogP contribution is 2.26. The molecule has 140 valence electrons. The molecule has 2 unspecified atom stereocenters. The third kappa shape index (κ3) is 5.19. The van der Waals surface area contributed by atoms with Crippen LogP contribution in [0.25, 0.3) is 0 Å². The molecule has 2 fully saturated rings. The molecular weight excluding hydrogens is 312 g/mol. The Balaban J connectivity index is 1.47. The van der Waals surface area contributed by atoms with Crippen molar-refractivity contribution in [1.29, 1.82) is 0 Å². The lowest BCUT2D eigenvalue weighted by Gasteiger charge is -2.41. The molecule has 2 atom stereocenters. The predicted molar refractivity (Wildman–Crippen MR) is 102 cm³/mol. The van der Waals surface area contributed by atoms with E-state index in [9.17, 15) is 5.11 Å². The van der Waals surface area contributed by atoms with Gasteiger partial charge in [-0.1, -0.05) is 31.0 Å². The first kappa shape index (κ1) is 18.7. The van der Waals surface area contributed by atoms with Crippen molar-refractivity contribution in [3.05, 3.63) is 29.8 Å². The minimum Gasteiger partial charge on any atom is -0.491 e. The molecule has 25 heavy (non-hydrogen) atoms. The molecule has 3 rings (SSSR count). The van der Waals surface area contributed by atoms with Crippen LogP contribution in [0.5, 0.6) is 5.75 Å². The van der Waals surface area contributed by atoms with Crippen LogP contribution < -0.4 is 10.1 Å². The first-order valence-electron chi connectivity index (χ1n) is 10.0. The number of para-hydroxylation sites is 1. The van der Waals surface area contributed by atoms with Crippen LogP contribution in [0, 0.1) is 0 Å². The summed E-state index contributed by atoms with van der Waals surface area (Å²) >= 11 is 0.